The van der Waals surface area contributed by atoms with E-state index >= 15 is 0 Å². The third kappa shape index (κ3) is 4.99. The van der Waals surface area contributed by atoms with Crippen molar-refractivity contribution in [2.24, 2.45) is 0 Å². The Kier molecular flexibility index (Phi) is 5.43. The Hall–Kier alpha value is -2.23. The third-order valence-electron chi connectivity index (χ3n) is 2.83. The summed E-state index contributed by atoms with van der Waals surface area (Å²) in [5.74, 6) is 1.78. The second kappa shape index (κ2) is 7.53. The lowest BCUT2D eigenvalue weighted by molar-refractivity contribution is 0.242. The number of hydrogen-bond donors (Lipinski definition) is 2. The van der Waals surface area contributed by atoms with E-state index in [0.29, 0.717) is 0 Å². The molecule has 0 fully saturated rings. The molecule has 0 aliphatic heterocycles. The van der Waals surface area contributed by atoms with Gasteiger partial charge >= 0.3 is 0 Å². The fourth-order valence-corrected chi connectivity index (χ4v) is 1.91. The van der Waals surface area contributed by atoms with Gasteiger partial charge in [0.15, 0.2) is 0 Å². The Labute approximate surface area is 126 Å². The van der Waals surface area contributed by atoms with Crippen molar-refractivity contribution in [1.29, 1.82) is 0 Å². The Morgan fingerprint density at radius 3 is 2.52 bits per heavy atom. The average Bonchev–Trinajstić information content (AvgIpc) is 2.47. The first kappa shape index (κ1) is 15.2. The second-order valence-electron chi connectivity index (χ2n) is 5.17. The lowest BCUT2D eigenvalue weighted by atomic mass is 10.2. The summed E-state index contributed by atoms with van der Waals surface area (Å²) in [5, 5.41) is 6.65. The molecule has 2 N–H and O–H groups in total. The third-order valence-corrected chi connectivity index (χ3v) is 2.83. The van der Waals surface area contributed by atoms with Crippen molar-refractivity contribution in [3.63, 3.8) is 0 Å². The summed E-state index contributed by atoms with van der Waals surface area (Å²) in [7, 11) is 0. The summed E-state index contributed by atoms with van der Waals surface area (Å²) in [5.41, 5.74) is 2.04. The molecule has 0 amide bonds. The van der Waals surface area contributed by atoms with Gasteiger partial charge in [0.2, 0.25) is 0 Å². The van der Waals surface area contributed by atoms with Crippen LogP contribution in [0.4, 0.5) is 17.2 Å². The van der Waals surface area contributed by atoms with Gasteiger partial charge in [-0.15, -0.1) is 0 Å². The van der Waals surface area contributed by atoms with E-state index in [1.165, 1.54) is 0 Å². The lowest BCUT2D eigenvalue weighted by Gasteiger charge is -2.12. The van der Waals surface area contributed by atoms with Gasteiger partial charge in [-0.1, -0.05) is 6.92 Å². The number of nitrogens with zero attached hydrogens (tertiary/aromatic N) is 1. The van der Waals surface area contributed by atoms with E-state index in [1.807, 2.05) is 50.2 Å². The van der Waals surface area contributed by atoms with E-state index in [0.717, 1.165) is 35.9 Å². The van der Waals surface area contributed by atoms with Crippen LogP contribution >= 0.6 is 0 Å². The highest BCUT2D eigenvalue weighted by Crippen LogP contribution is 2.21. The Bertz CT molecular complexity index is 552. The molecule has 4 nitrogen and oxygen atoms in total. The lowest BCUT2D eigenvalue weighted by Crippen LogP contribution is -2.05. The molecule has 0 saturated heterocycles. The highest BCUT2D eigenvalue weighted by atomic mass is 16.5. The van der Waals surface area contributed by atoms with Gasteiger partial charge in [0.05, 0.1) is 6.10 Å². The minimum Gasteiger partial charge on any atom is -0.491 e. The van der Waals surface area contributed by atoms with E-state index in [4.69, 9.17) is 4.74 Å². The number of anilines is 3. The van der Waals surface area contributed by atoms with Crippen LogP contribution in [0.15, 0.2) is 42.6 Å². The van der Waals surface area contributed by atoms with E-state index < -0.39 is 0 Å². The molecule has 112 valence electrons. The Morgan fingerprint density at radius 1 is 1.10 bits per heavy atom. The van der Waals surface area contributed by atoms with Gasteiger partial charge in [-0.2, -0.15) is 0 Å². The summed E-state index contributed by atoms with van der Waals surface area (Å²) in [4.78, 5) is 4.29. The molecule has 0 aliphatic carbocycles. The van der Waals surface area contributed by atoms with Gasteiger partial charge in [0.25, 0.3) is 0 Å². The number of nitrogens with one attached hydrogen (secondary N) is 2. The molecular formula is C17H23N3O. The normalized spacial score (nSPS) is 10.5. The van der Waals surface area contributed by atoms with Crippen LogP contribution in [-0.2, 0) is 0 Å². The van der Waals surface area contributed by atoms with Crippen LogP contribution in [0.1, 0.15) is 27.2 Å². The summed E-state index contributed by atoms with van der Waals surface area (Å²) in [6.45, 7) is 7.11. The molecule has 2 rings (SSSR count). The van der Waals surface area contributed by atoms with E-state index in [1.54, 1.807) is 6.20 Å². The quantitative estimate of drug-likeness (QED) is 0.789. The fourth-order valence-electron chi connectivity index (χ4n) is 1.91. The largest absolute Gasteiger partial charge is 0.491 e. The van der Waals surface area contributed by atoms with Crippen molar-refractivity contribution < 1.29 is 4.74 Å². The van der Waals surface area contributed by atoms with Crippen molar-refractivity contribution in [3.05, 3.63) is 42.6 Å². The van der Waals surface area contributed by atoms with Gasteiger partial charge < -0.3 is 15.4 Å². The number of benzene rings is 1. The van der Waals surface area contributed by atoms with Gasteiger partial charge in [0.1, 0.15) is 11.6 Å². The Morgan fingerprint density at radius 2 is 1.86 bits per heavy atom. The SMILES string of the molecule is CCCNc1cc(Nc2ccc(OC(C)C)cc2)ccn1. The van der Waals surface area contributed by atoms with Gasteiger partial charge in [0, 0.05) is 30.2 Å². The molecule has 0 radical (unpaired) electrons. The van der Waals surface area contributed by atoms with Crippen LogP contribution in [0, 0.1) is 0 Å². The number of rotatable bonds is 7. The highest BCUT2D eigenvalue weighted by molar-refractivity contribution is 5.62. The summed E-state index contributed by atoms with van der Waals surface area (Å²) in [6.07, 6.45) is 3.07. The standard InChI is InChI=1S/C17H23N3O/c1-4-10-18-17-12-15(9-11-19-17)20-14-5-7-16(8-6-14)21-13(2)3/h5-9,11-13H,4,10H2,1-3H3,(H2,18,19,20). The number of aromatic nitrogens is 1. The molecule has 1 aromatic heterocycles. The summed E-state index contributed by atoms with van der Waals surface area (Å²) in [6, 6.07) is 11.9. The van der Waals surface area contributed by atoms with Crippen LogP contribution in [0.3, 0.4) is 0 Å². The maximum Gasteiger partial charge on any atom is 0.127 e. The van der Waals surface area contributed by atoms with Gasteiger partial charge in [-0.05, 0) is 50.6 Å². The zero-order valence-corrected chi connectivity index (χ0v) is 12.9. The van der Waals surface area contributed by atoms with E-state index in [9.17, 15) is 0 Å². The zero-order chi connectivity index (χ0) is 15.1. The first-order valence-corrected chi connectivity index (χ1v) is 7.41. The maximum atomic E-state index is 5.64. The van der Waals surface area contributed by atoms with Crippen LogP contribution in [0.2, 0.25) is 0 Å². The number of hydrogen-bond acceptors (Lipinski definition) is 4. The van der Waals surface area contributed by atoms with Crippen molar-refractivity contribution in [2.45, 2.75) is 33.3 Å². The molecule has 0 spiro atoms. The molecule has 1 heterocycles. The van der Waals surface area contributed by atoms with Crippen molar-refractivity contribution in [1.82, 2.24) is 4.98 Å². The molecule has 0 aliphatic rings. The van der Waals surface area contributed by atoms with Gasteiger partial charge in [-0.3, -0.25) is 0 Å². The Balaban J connectivity index is 2.00. The van der Waals surface area contributed by atoms with E-state index in [2.05, 4.69) is 22.5 Å². The number of ether oxygens (including phenoxy) is 1. The molecule has 2 aromatic rings. The fraction of sp³-hybridized carbons (Fsp3) is 0.353. The molecule has 1 aromatic carbocycles. The molecule has 4 heteroatoms. The molecule has 0 atom stereocenters. The first-order valence-electron chi connectivity index (χ1n) is 7.41. The van der Waals surface area contributed by atoms with Crippen LogP contribution in [-0.4, -0.2) is 17.6 Å². The molecule has 0 saturated carbocycles. The average molecular weight is 285 g/mol. The number of pyridine rings is 1. The summed E-state index contributed by atoms with van der Waals surface area (Å²) < 4.78 is 5.64. The van der Waals surface area contributed by atoms with E-state index in [-0.39, 0.29) is 6.10 Å². The van der Waals surface area contributed by atoms with Crippen molar-refractivity contribution >= 4 is 17.2 Å². The van der Waals surface area contributed by atoms with Crippen LogP contribution in [0.25, 0.3) is 0 Å². The van der Waals surface area contributed by atoms with Crippen molar-refractivity contribution in [2.75, 3.05) is 17.2 Å². The molecule has 21 heavy (non-hydrogen) atoms. The summed E-state index contributed by atoms with van der Waals surface area (Å²) >= 11 is 0. The molecule has 0 bridgehead atoms. The maximum absolute atomic E-state index is 5.64. The monoisotopic (exact) mass is 285 g/mol. The van der Waals surface area contributed by atoms with Gasteiger partial charge in [-0.25, -0.2) is 4.98 Å². The zero-order valence-electron chi connectivity index (χ0n) is 12.9. The predicted octanol–water partition coefficient (Wildman–Crippen LogP) is 4.43. The highest BCUT2D eigenvalue weighted by Gasteiger charge is 2.00. The van der Waals surface area contributed by atoms with Crippen LogP contribution < -0.4 is 15.4 Å². The topological polar surface area (TPSA) is 46.2 Å². The van der Waals surface area contributed by atoms with Crippen molar-refractivity contribution in [3.8, 4) is 5.75 Å². The first-order chi connectivity index (χ1) is 10.2. The smallest absolute Gasteiger partial charge is 0.127 e. The molecule has 0 unspecified atom stereocenters. The second-order valence-corrected chi connectivity index (χ2v) is 5.17. The molecular weight excluding hydrogens is 262 g/mol. The predicted molar refractivity (Wildman–Crippen MR) is 88.5 cm³/mol. The minimum absolute atomic E-state index is 0.191. The minimum atomic E-state index is 0.191. The van der Waals surface area contributed by atoms with Crippen LogP contribution in [0.5, 0.6) is 5.75 Å².